The van der Waals surface area contributed by atoms with Gasteiger partial charge in [-0.05, 0) is 44.2 Å². The highest BCUT2D eigenvalue weighted by molar-refractivity contribution is 6.42. The summed E-state index contributed by atoms with van der Waals surface area (Å²) in [6.45, 7) is 5.99. The number of carbonyl (C=O) groups excluding carboxylic acids is 1. The lowest BCUT2D eigenvalue weighted by Gasteiger charge is -2.39. The van der Waals surface area contributed by atoms with Gasteiger partial charge in [0.25, 0.3) is 5.69 Å². The minimum atomic E-state index is -0.479. The highest BCUT2D eigenvalue weighted by atomic mass is 35.5. The molecule has 2 fully saturated rings. The number of nitrogens with zero attached hydrogens (tertiary/aromatic N) is 4. The van der Waals surface area contributed by atoms with Crippen molar-refractivity contribution in [3.05, 3.63) is 79.1 Å². The monoisotopic (exact) mass is 658 g/mol. The van der Waals surface area contributed by atoms with Gasteiger partial charge in [0.2, 0.25) is 0 Å². The molecular weight excluding hydrogens is 619 g/mol. The molecule has 2 unspecified atom stereocenters. The van der Waals surface area contributed by atoms with Gasteiger partial charge in [0.05, 0.1) is 37.9 Å². The fourth-order valence-electron chi connectivity index (χ4n) is 5.49. The average molecular weight is 660 g/mol. The van der Waals surface area contributed by atoms with E-state index in [4.69, 9.17) is 43.4 Å². The molecule has 11 nitrogen and oxygen atoms in total. The van der Waals surface area contributed by atoms with Gasteiger partial charge in [-0.25, -0.2) is 9.79 Å². The number of amidine groups is 1. The van der Waals surface area contributed by atoms with Crippen molar-refractivity contribution in [1.29, 1.82) is 0 Å². The van der Waals surface area contributed by atoms with Gasteiger partial charge in [-0.15, -0.1) is 0 Å². The van der Waals surface area contributed by atoms with Crippen molar-refractivity contribution in [1.82, 2.24) is 10.2 Å². The van der Waals surface area contributed by atoms with E-state index in [2.05, 4.69) is 5.32 Å². The molecule has 4 rings (SSSR count). The number of anilines is 1. The molecule has 0 bridgehead atoms. The second-order valence-electron chi connectivity index (χ2n) is 11.1. The summed E-state index contributed by atoms with van der Waals surface area (Å²) in [6.07, 6.45) is 6.60. The third-order valence-corrected chi connectivity index (χ3v) is 8.99. The second kappa shape index (κ2) is 15.0. The van der Waals surface area contributed by atoms with E-state index in [1.54, 1.807) is 18.2 Å². The van der Waals surface area contributed by atoms with Gasteiger partial charge in [-0.2, -0.15) is 0 Å². The molecule has 3 N–H and O–H groups in total. The number of benzene rings is 2. The van der Waals surface area contributed by atoms with Crippen molar-refractivity contribution >= 4 is 46.4 Å². The molecule has 45 heavy (non-hydrogen) atoms. The number of aliphatic imine (C=N–C) groups is 1. The van der Waals surface area contributed by atoms with Gasteiger partial charge in [0.15, 0.2) is 0 Å². The van der Waals surface area contributed by atoms with E-state index < -0.39 is 11.0 Å². The molecule has 1 aliphatic heterocycles. The van der Waals surface area contributed by atoms with Gasteiger partial charge >= 0.3 is 6.03 Å². The zero-order chi connectivity index (χ0) is 32.8. The quantitative estimate of drug-likeness (QED) is 0.203. The first-order valence-corrected chi connectivity index (χ1v) is 15.7. The Hall–Kier alpha value is -3.80. The fourth-order valence-corrected chi connectivity index (χ4v) is 6.19. The Morgan fingerprint density at radius 2 is 1.84 bits per heavy atom. The lowest BCUT2D eigenvalue weighted by molar-refractivity contribution is -0.384. The van der Waals surface area contributed by atoms with E-state index in [-0.39, 0.29) is 58.1 Å². The molecule has 2 aromatic carbocycles. The van der Waals surface area contributed by atoms with Crippen LogP contribution in [0.1, 0.15) is 58.4 Å². The third-order valence-electron chi connectivity index (χ3n) is 8.26. The predicted molar refractivity (Wildman–Crippen MR) is 178 cm³/mol. The van der Waals surface area contributed by atoms with E-state index in [1.165, 1.54) is 36.2 Å². The first kappa shape index (κ1) is 34.1. The summed E-state index contributed by atoms with van der Waals surface area (Å²) in [5, 5.41) is 15.4. The highest BCUT2D eigenvalue weighted by Gasteiger charge is 2.38. The van der Waals surface area contributed by atoms with Crippen LogP contribution in [0.25, 0.3) is 0 Å². The van der Waals surface area contributed by atoms with Crippen LogP contribution in [-0.4, -0.2) is 54.5 Å². The summed E-state index contributed by atoms with van der Waals surface area (Å²) in [5.41, 5.74) is 8.88. The number of ether oxygens (including phenoxy) is 2. The van der Waals surface area contributed by atoms with Crippen molar-refractivity contribution in [2.24, 2.45) is 10.7 Å². The van der Waals surface area contributed by atoms with Crippen LogP contribution in [-0.2, 0) is 6.54 Å². The van der Waals surface area contributed by atoms with Crippen LogP contribution in [0.5, 0.6) is 11.5 Å². The normalized spacial score (nSPS) is 21.2. The lowest BCUT2D eigenvalue weighted by atomic mass is 9.91. The van der Waals surface area contributed by atoms with Crippen molar-refractivity contribution in [3.8, 4) is 11.5 Å². The van der Waals surface area contributed by atoms with Gasteiger partial charge in [0, 0.05) is 35.9 Å². The fraction of sp³-hybridized carbons (Fsp3) is 0.438. The number of methoxy groups -OCH3 is 2. The van der Waals surface area contributed by atoms with Crippen LogP contribution in [0.3, 0.4) is 0 Å². The first-order chi connectivity index (χ1) is 21.5. The zero-order valence-electron chi connectivity index (χ0n) is 26.2. The van der Waals surface area contributed by atoms with E-state index in [9.17, 15) is 14.9 Å². The molecule has 1 heterocycles. The van der Waals surface area contributed by atoms with Crippen LogP contribution in [0.2, 0.25) is 10.0 Å². The smallest absolute Gasteiger partial charge is 0.330 e. The average Bonchev–Trinajstić information content (AvgIpc) is 3.04. The molecule has 1 aliphatic carbocycles. The summed E-state index contributed by atoms with van der Waals surface area (Å²) in [5.74, 6) is 1.62. The topological polar surface area (TPSA) is 136 Å². The van der Waals surface area contributed by atoms with E-state index >= 15 is 0 Å². The summed E-state index contributed by atoms with van der Waals surface area (Å²) < 4.78 is 10.9. The van der Waals surface area contributed by atoms with Crippen molar-refractivity contribution < 1.29 is 19.2 Å². The maximum atomic E-state index is 14.5. The van der Waals surface area contributed by atoms with Gasteiger partial charge in [-0.1, -0.05) is 61.2 Å². The Labute approximate surface area is 273 Å². The number of hydrogen-bond donors (Lipinski definition) is 2. The Morgan fingerprint density at radius 3 is 2.42 bits per heavy atom. The van der Waals surface area contributed by atoms with E-state index in [1.807, 2.05) is 26.8 Å². The van der Waals surface area contributed by atoms with Crippen LogP contribution < -0.4 is 25.4 Å². The van der Waals surface area contributed by atoms with Crippen molar-refractivity contribution in [2.45, 2.75) is 71.5 Å². The Balaban J connectivity index is 1.89. The van der Waals surface area contributed by atoms with Crippen LogP contribution >= 0.6 is 23.2 Å². The number of nitro benzene ring substituents is 1. The third kappa shape index (κ3) is 7.37. The molecular formula is C32H40Cl2N6O5. The van der Waals surface area contributed by atoms with Gasteiger partial charge in [0.1, 0.15) is 33.2 Å². The largest absolute Gasteiger partial charge is 0.495 e. The maximum Gasteiger partial charge on any atom is 0.330 e. The number of carbonyl (C=O) groups is 1. The molecule has 1 saturated carbocycles. The number of nitro groups is 1. The van der Waals surface area contributed by atoms with Crippen molar-refractivity contribution in [2.75, 3.05) is 25.7 Å². The Kier molecular flexibility index (Phi) is 11.4. The summed E-state index contributed by atoms with van der Waals surface area (Å²) in [7, 11) is 2.92. The van der Waals surface area contributed by atoms with Gasteiger partial charge < -0.3 is 20.5 Å². The molecule has 2 aliphatic rings. The number of non-ortho nitro benzene ring substituents is 1. The van der Waals surface area contributed by atoms with Crippen LogP contribution in [0.4, 0.5) is 16.2 Å². The highest BCUT2D eigenvalue weighted by Crippen LogP contribution is 2.47. The SMILES string of the molecule is C/C=C1/CN(c2c(Cl)c(OC)cc(OC)c2Cl)C(=O)N(Cc2cccc([N+](=O)[O-])c2)/C1=N/C(NC1CCCCC1N)=C(\C)CC. The standard InChI is InChI=1S/C32H40Cl2N6O5/c1-6-19(3)30(36-24-14-9-8-13-23(24)35)37-31-21(7-2)18-38(29-27(33)25(44-4)16-26(45-5)28(29)34)32(41)39(31)17-20-11-10-12-22(15-20)40(42)43/h7,10-12,15-16,23-24,36H,6,8-9,13-14,17-18,35H2,1-5H3/b21-7-,30-19+,37-31+. The first-order valence-electron chi connectivity index (χ1n) is 14.9. The summed E-state index contributed by atoms with van der Waals surface area (Å²) >= 11 is 13.5. The number of nitrogens with two attached hydrogens (primary N) is 1. The van der Waals surface area contributed by atoms with Crippen LogP contribution in [0.15, 0.2) is 58.4 Å². The summed E-state index contributed by atoms with van der Waals surface area (Å²) in [4.78, 5) is 33.7. The van der Waals surface area contributed by atoms with Crippen LogP contribution in [0, 0.1) is 10.1 Å². The molecule has 2 amide bonds. The molecule has 0 aromatic heterocycles. The van der Waals surface area contributed by atoms with Gasteiger partial charge in [-0.3, -0.25) is 19.9 Å². The minimum Gasteiger partial charge on any atom is -0.495 e. The second-order valence-corrected chi connectivity index (χ2v) is 11.8. The molecule has 0 radical (unpaired) electrons. The number of halogens is 2. The Morgan fingerprint density at radius 1 is 1.18 bits per heavy atom. The molecule has 13 heteroatoms. The summed E-state index contributed by atoms with van der Waals surface area (Å²) in [6, 6.07) is 7.27. The number of urea groups is 1. The van der Waals surface area contributed by atoms with Crippen molar-refractivity contribution in [3.63, 3.8) is 0 Å². The number of rotatable bonds is 10. The predicted octanol–water partition coefficient (Wildman–Crippen LogP) is 7.21. The molecule has 0 spiro atoms. The number of allylic oxidation sites excluding steroid dienone is 2. The maximum absolute atomic E-state index is 14.5. The lowest BCUT2D eigenvalue weighted by Crippen LogP contribution is -2.54. The number of amides is 2. The molecule has 2 aromatic rings. The number of hydrogen-bond acceptors (Lipinski definition) is 8. The number of nitrogens with one attached hydrogen (secondary N) is 1. The molecule has 2 atom stereocenters. The van der Waals surface area contributed by atoms with E-state index in [0.29, 0.717) is 22.8 Å². The molecule has 1 saturated heterocycles. The Bertz CT molecular complexity index is 1510. The van der Waals surface area contributed by atoms with E-state index in [0.717, 1.165) is 37.7 Å². The minimum absolute atomic E-state index is 0.00900. The molecule has 242 valence electrons. The zero-order valence-corrected chi connectivity index (χ0v) is 27.7.